The number of likely N-dealkylation sites (tertiary alicyclic amines) is 1. The summed E-state index contributed by atoms with van der Waals surface area (Å²) in [6.07, 6.45) is 1.67. The van der Waals surface area contributed by atoms with E-state index < -0.39 is 0 Å². The number of carbonyl (C=O) groups is 1. The zero-order valence-electron chi connectivity index (χ0n) is 17.0. The maximum absolute atomic E-state index is 13.4. The van der Waals surface area contributed by atoms with Crippen LogP contribution >= 0.6 is 11.6 Å². The van der Waals surface area contributed by atoms with Gasteiger partial charge >= 0.3 is 0 Å². The molecule has 1 aromatic heterocycles. The number of nitrogens with one attached hydrogen (secondary N) is 1. The second-order valence-corrected chi connectivity index (χ2v) is 9.05. The summed E-state index contributed by atoms with van der Waals surface area (Å²) in [4.78, 5) is 20.0. The van der Waals surface area contributed by atoms with E-state index in [1.54, 1.807) is 6.20 Å². The maximum atomic E-state index is 13.4. The standard InChI is InChI=1S/C24H26ClN3O/c1-24(2,3)28-14-19(16-8-5-4-6-9-16)20(15-28)23(29)27-21-11-7-10-18-17(21)12-13-26-22(18)25/h4-13,19-20H,14-15H2,1-3H3,(H,27,29)/t19-,20+/m1/s1. The molecule has 1 aliphatic rings. The lowest BCUT2D eigenvalue weighted by Gasteiger charge is -2.31. The van der Waals surface area contributed by atoms with Gasteiger partial charge in [-0.15, -0.1) is 0 Å². The van der Waals surface area contributed by atoms with Gasteiger partial charge < -0.3 is 5.32 Å². The lowest BCUT2D eigenvalue weighted by atomic mass is 9.88. The van der Waals surface area contributed by atoms with E-state index >= 15 is 0 Å². The Morgan fingerprint density at radius 2 is 1.79 bits per heavy atom. The van der Waals surface area contributed by atoms with Gasteiger partial charge in [-0.05, 0) is 38.5 Å². The Hall–Kier alpha value is -2.43. The molecule has 0 spiro atoms. The molecule has 2 atom stereocenters. The Bertz CT molecular complexity index is 1030. The summed E-state index contributed by atoms with van der Waals surface area (Å²) in [5.74, 6) is 0.0888. The molecular weight excluding hydrogens is 382 g/mol. The van der Waals surface area contributed by atoms with Crippen LogP contribution in [0.1, 0.15) is 32.3 Å². The van der Waals surface area contributed by atoms with E-state index in [1.165, 1.54) is 5.56 Å². The first-order chi connectivity index (χ1) is 13.8. The third-order valence-electron chi connectivity index (χ3n) is 5.85. The van der Waals surface area contributed by atoms with Crippen LogP contribution in [0.4, 0.5) is 5.69 Å². The molecule has 5 heteroatoms. The van der Waals surface area contributed by atoms with Crippen molar-refractivity contribution >= 4 is 34.0 Å². The van der Waals surface area contributed by atoms with Crippen LogP contribution in [0.15, 0.2) is 60.8 Å². The molecule has 1 fully saturated rings. The van der Waals surface area contributed by atoms with E-state index in [1.807, 2.05) is 42.5 Å². The van der Waals surface area contributed by atoms with Crippen molar-refractivity contribution in [2.45, 2.75) is 32.2 Å². The first-order valence-electron chi connectivity index (χ1n) is 9.98. The molecule has 2 heterocycles. The smallest absolute Gasteiger partial charge is 0.229 e. The van der Waals surface area contributed by atoms with Gasteiger partial charge in [-0.1, -0.05) is 54.1 Å². The summed E-state index contributed by atoms with van der Waals surface area (Å²) < 4.78 is 0. The topological polar surface area (TPSA) is 45.2 Å². The number of carbonyl (C=O) groups excluding carboxylic acids is 1. The van der Waals surface area contributed by atoms with Crippen molar-refractivity contribution in [2.24, 2.45) is 5.92 Å². The normalized spacial score (nSPS) is 20.1. The molecule has 1 amide bonds. The first-order valence-corrected chi connectivity index (χ1v) is 10.4. The number of benzene rings is 2. The van der Waals surface area contributed by atoms with Crippen molar-refractivity contribution in [3.63, 3.8) is 0 Å². The van der Waals surface area contributed by atoms with Crippen molar-refractivity contribution in [3.8, 4) is 0 Å². The van der Waals surface area contributed by atoms with Crippen LogP contribution in [0.25, 0.3) is 10.8 Å². The summed E-state index contributed by atoms with van der Waals surface area (Å²) in [6.45, 7) is 8.22. The van der Waals surface area contributed by atoms with Crippen LogP contribution < -0.4 is 5.32 Å². The third kappa shape index (κ3) is 4.00. The van der Waals surface area contributed by atoms with E-state index in [0.29, 0.717) is 5.15 Å². The number of halogens is 1. The van der Waals surface area contributed by atoms with E-state index in [0.717, 1.165) is 29.5 Å². The number of amides is 1. The predicted molar refractivity (Wildman–Crippen MR) is 119 cm³/mol. The summed E-state index contributed by atoms with van der Waals surface area (Å²) in [5.41, 5.74) is 2.00. The molecule has 1 aliphatic heterocycles. The zero-order valence-corrected chi connectivity index (χ0v) is 17.8. The molecule has 1 saturated heterocycles. The van der Waals surface area contributed by atoms with Gasteiger partial charge in [0, 0.05) is 47.2 Å². The van der Waals surface area contributed by atoms with Crippen LogP contribution in [0.2, 0.25) is 5.15 Å². The van der Waals surface area contributed by atoms with Gasteiger partial charge in [-0.25, -0.2) is 4.98 Å². The molecule has 3 aromatic rings. The Balaban J connectivity index is 1.65. The third-order valence-corrected chi connectivity index (χ3v) is 6.15. The fraction of sp³-hybridized carbons (Fsp3) is 0.333. The first kappa shape index (κ1) is 19.9. The molecule has 2 aromatic carbocycles. The van der Waals surface area contributed by atoms with Crippen molar-refractivity contribution in [1.82, 2.24) is 9.88 Å². The van der Waals surface area contributed by atoms with Crippen LogP contribution in [0.5, 0.6) is 0 Å². The van der Waals surface area contributed by atoms with Crippen molar-refractivity contribution < 1.29 is 4.79 Å². The monoisotopic (exact) mass is 407 g/mol. The highest BCUT2D eigenvalue weighted by Crippen LogP contribution is 2.37. The van der Waals surface area contributed by atoms with Gasteiger partial charge in [-0.3, -0.25) is 9.69 Å². The Labute approximate surface area is 176 Å². The molecule has 0 saturated carbocycles. The quantitative estimate of drug-likeness (QED) is 0.596. The molecule has 150 valence electrons. The number of pyridine rings is 1. The second kappa shape index (κ2) is 7.77. The lowest BCUT2D eigenvalue weighted by Crippen LogP contribution is -2.40. The second-order valence-electron chi connectivity index (χ2n) is 8.69. The van der Waals surface area contributed by atoms with Crippen molar-refractivity contribution in [3.05, 3.63) is 71.5 Å². The zero-order chi connectivity index (χ0) is 20.6. The minimum absolute atomic E-state index is 0.0146. The molecule has 0 radical (unpaired) electrons. The van der Waals surface area contributed by atoms with E-state index in [-0.39, 0.29) is 23.3 Å². The van der Waals surface area contributed by atoms with Gasteiger partial charge in [0.15, 0.2) is 0 Å². The number of fused-ring (bicyclic) bond motifs is 1. The molecule has 4 nitrogen and oxygen atoms in total. The van der Waals surface area contributed by atoms with Crippen molar-refractivity contribution in [2.75, 3.05) is 18.4 Å². The summed E-state index contributed by atoms with van der Waals surface area (Å²) >= 11 is 6.23. The molecule has 29 heavy (non-hydrogen) atoms. The number of rotatable bonds is 3. The molecule has 0 aliphatic carbocycles. The minimum Gasteiger partial charge on any atom is -0.325 e. The van der Waals surface area contributed by atoms with Gasteiger partial charge in [0.1, 0.15) is 5.15 Å². The lowest BCUT2D eigenvalue weighted by molar-refractivity contribution is -0.120. The predicted octanol–water partition coefficient (Wildman–Crippen LogP) is 5.34. The number of aromatic nitrogens is 1. The van der Waals surface area contributed by atoms with Gasteiger partial charge in [0.25, 0.3) is 0 Å². The number of hydrogen-bond donors (Lipinski definition) is 1. The maximum Gasteiger partial charge on any atom is 0.229 e. The van der Waals surface area contributed by atoms with Gasteiger partial charge in [0.2, 0.25) is 5.91 Å². The fourth-order valence-electron chi connectivity index (χ4n) is 4.16. The summed E-state index contributed by atoms with van der Waals surface area (Å²) in [5, 5.41) is 5.37. The molecule has 0 bridgehead atoms. The molecule has 4 rings (SSSR count). The number of nitrogens with zero attached hydrogens (tertiary/aromatic N) is 2. The summed E-state index contributed by atoms with van der Waals surface area (Å²) in [6, 6.07) is 18.0. The van der Waals surface area contributed by atoms with Gasteiger partial charge in [-0.2, -0.15) is 0 Å². The van der Waals surface area contributed by atoms with E-state index in [9.17, 15) is 4.79 Å². The average Bonchev–Trinajstić information content (AvgIpc) is 3.16. The highest BCUT2D eigenvalue weighted by molar-refractivity contribution is 6.34. The molecular formula is C24H26ClN3O. The fourth-order valence-corrected chi connectivity index (χ4v) is 4.38. The van der Waals surface area contributed by atoms with Crippen LogP contribution in [-0.4, -0.2) is 34.4 Å². The SMILES string of the molecule is CC(C)(C)N1C[C@H](C(=O)Nc2cccc3c(Cl)nccc23)[C@@H](c2ccccc2)C1. The Kier molecular flexibility index (Phi) is 5.32. The minimum atomic E-state index is -0.121. The van der Waals surface area contributed by atoms with Gasteiger partial charge in [0.05, 0.1) is 5.92 Å². The average molecular weight is 408 g/mol. The highest BCUT2D eigenvalue weighted by atomic mass is 35.5. The van der Waals surface area contributed by atoms with Crippen molar-refractivity contribution in [1.29, 1.82) is 0 Å². The van der Waals surface area contributed by atoms with Crippen LogP contribution in [0.3, 0.4) is 0 Å². The van der Waals surface area contributed by atoms with Crippen LogP contribution in [-0.2, 0) is 4.79 Å². The Morgan fingerprint density at radius 1 is 1.03 bits per heavy atom. The Morgan fingerprint density at radius 3 is 2.52 bits per heavy atom. The van der Waals surface area contributed by atoms with E-state index in [2.05, 4.69) is 48.1 Å². The molecule has 1 N–H and O–H groups in total. The molecule has 0 unspecified atom stereocenters. The highest BCUT2D eigenvalue weighted by Gasteiger charge is 2.42. The largest absolute Gasteiger partial charge is 0.325 e. The number of hydrogen-bond acceptors (Lipinski definition) is 3. The van der Waals surface area contributed by atoms with E-state index in [4.69, 9.17) is 11.6 Å². The van der Waals surface area contributed by atoms with Crippen LogP contribution in [0, 0.1) is 5.92 Å². The number of anilines is 1. The summed E-state index contributed by atoms with van der Waals surface area (Å²) in [7, 11) is 0.